The number of allylic oxidation sites excluding steroid dienone is 2. The van der Waals surface area contributed by atoms with E-state index in [1.165, 1.54) is 23.9 Å². The zero-order valence-corrected chi connectivity index (χ0v) is 17.2. The highest BCUT2D eigenvalue weighted by atomic mass is 32.2. The Hall–Kier alpha value is -1.97. The summed E-state index contributed by atoms with van der Waals surface area (Å²) in [4.78, 5) is 7.54. The molecule has 0 radical (unpaired) electrons. The molecule has 1 aromatic carbocycles. The van der Waals surface area contributed by atoms with Crippen LogP contribution in [0.1, 0.15) is 25.3 Å². The van der Waals surface area contributed by atoms with E-state index in [1.807, 2.05) is 19.1 Å². The van der Waals surface area contributed by atoms with Gasteiger partial charge in [0, 0.05) is 37.1 Å². The van der Waals surface area contributed by atoms with Gasteiger partial charge in [-0.05, 0) is 44.7 Å². The SMILES string of the molecule is C=NC1=C(/C=C\C)Sc2cc(C(F)(F)F)cc(NC3CCN(CCN)CC3)c2N1. The van der Waals surface area contributed by atoms with Crippen molar-refractivity contribution in [3.63, 3.8) is 0 Å². The molecule has 4 N–H and O–H groups in total. The average Bonchev–Trinajstić information content (AvgIpc) is 2.68. The molecule has 2 heterocycles. The van der Waals surface area contributed by atoms with Crippen LogP contribution in [0.2, 0.25) is 0 Å². The molecule has 0 aliphatic carbocycles. The minimum absolute atomic E-state index is 0.101. The number of benzene rings is 1. The van der Waals surface area contributed by atoms with Crippen molar-refractivity contribution >= 4 is 29.9 Å². The van der Waals surface area contributed by atoms with Crippen LogP contribution in [0.5, 0.6) is 0 Å². The number of nitrogens with two attached hydrogens (primary N) is 1. The summed E-state index contributed by atoms with van der Waals surface area (Å²) in [7, 11) is 0. The summed E-state index contributed by atoms with van der Waals surface area (Å²) in [6, 6.07) is 2.47. The fourth-order valence-electron chi connectivity index (χ4n) is 3.53. The number of nitrogens with one attached hydrogen (secondary N) is 2. The number of fused-ring (bicyclic) bond motifs is 1. The van der Waals surface area contributed by atoms with Crippen molar-refractivity contribution in [2.75, 3.05) is 36.8 Å². The lowest BCUT2D eigenvalue weighted by molar-refractivity contribution is -0.137. The molecule has 0 spiro atoms. The molecule has 2 aliphatic heterocycles. The van der Waals surface area contributed by atoms with Crippen LogP contribution in [0.25, 0.3) is 0 Å². The predicted octanol–water partition coefficient (Wildman–Crippen LogP) is 4.50. The molecule has 1 aromatic rings. The third kappa shape index (κ3) is 5.15. The number of thioether (sulfide) groups is 1. The Labute approximate surface area is 173 Å². The summed E-state index contributed by atoms with van der Waals surface area (Å²) in [5.74, 6) is 0.543. The summed E-state index contributed by atoms with van der Waals surface area (Å²) >= 11 is 1.26. The number of likely N-dealkylation sites (tertiary alicyclic amines) is 1. The second kappa shape index (κ2) is 9.23. The predicted molar refractivity (Wildman–Crippen MR) is 114 cm³/mol. The second-order valence-electron chi connectivity index (χ2n) is 7.04. The highest BCUT2D eigenvalue weighted by Gasteiger charge is 2.34. The Morgan fingerprint density at radius 1 is 1.38 bits per heavy atom. The maximum atomic E-state index is 13.5. The molecule has 0 atom stereocenters. The summed E-state index contributed by atoms with van der Waals surface area (Å²) in [6.07, 6.45) is 0.917. The van der Waals surface area contributed by atoms with Crippen molar-refractivity contribution in [3.05, 3.63) is 40.6 Å². The maximum Gasteiger partial charge on any atom is 0.416 e. The fraction of sp³-hybridized carbons (Fsp3) is 0.450. The first-order valence-electron chi connectivity index (χ1n) is 9.58. The van der Waals surface area contributed by atoms with E-state index in [0.717, 1.165) is 37.4 Å². The van der Waals surface area contributed by atoms with Crippen molar-refractivity contribution in [1.82, 2.24) is 4.90 Å². The second-order valence-corrected chi connectivity index (χ2v) is 8.13. The van der Waals surface area contributed by atoms with Gasteiger partial charge >= 0.3 is 6.18 Å². The van der Waals surface area contributed by atoms with Crippen molar-refractivity contribution in [3.8, 4) is 0 Å². The topological polar surface area (TPSA) is 65.7 Å². The molecule has 9 heteroatoms. The molecule has 1 saturated heterocycles. The molecule has 2 aliphatic rings. The Morgan fingerprint density at radius 2 is 2.10 bits per heavy atom. The van der Waals surface area contributed by atoms with Gasteiger partial charge < -0.3 is 21.3 Å². The van der Waals surface area contributed by atoms with Gasteiger partial charge in [0.15, 0.2) is 0 Å². The molecular formula is C20H26F3N5S. The lowest BCUT2D eigenvalue weighted by atomic mass is 10.0. The lowest BCUT2D eigenvalue weighted by Crippen LogP contribution is -2.41. The fourth-order valence-corrected chi connectivity index (χ4v) is 4.64. The first-order chi connectivity index (χ1) is 13.9. The van der Waals surface area contributed by atoms with E-state index < -0.39 is 11.7 Å². The minimum atomic E-state index is -4.42. The zero-order valence-electron chi connectivity index (χ0n) is 16.4. The first kappa shape index (κ1) is 21.7. The van der Waals surface area contributed by atoms with E-state index in [1.54, 1.807) is 0 Å². The Bertz CT molecular complexity index is 811. The number of anilines is 2. The van der Waals surface area contributed by atoms with E-state index >= 15 is 0 Å². The Kier molecular flexibility index (Phi) is 6.92. The van der Waals surface area contributed by atoms with Gasteiger partial charge in [-0.2, -0.15) is 13.2 Å². The zero-order chi connectivity index (χ0) is 21.0. The molecule has 0 unspecified atom stereocenters. The largest absolute Gasteiger partial charge is 0.416 e. The van der Waals surface area contributed by atoms with E-state index in [-0.39, 0.29) is 6.04 Å². The van der Waals surface area contributed by atoms with Crippen LogP contribution in [-0.4, -0.2) is 43.8 Å². The number of nitrogens with zero attached hydrogens (tertiary/aromatic N) is 2. The molecule has 1 fully saturated rings. The molecule has 3 rings (SSSR count). The van der Waals surface area contributed by atoms with Gasteiger partial charge in [0.25, 0.3) is 0 Å². The van der Waals surface area contributed by atoms with Crippen LogP contribution in [0, 0.1) is 0 Å². The molecule has 0 saturated carbocycles. The minimum Gasteiger partial charge on any atom is -0.380 e. The normalized spacial score (nSPS) is 18.7. The lowest BCUT2D eigenvalue weighted by Gasteiger charge is -2.34. The number of piperidine rings is 1. The third-order valence-electron chi connectivity index (χ3n) is 4.99. The van der Waals surface area contributed by atoms with Crippen LogP contribution >= 0.6 is 11.8 Å². The van der Waals surface area contributed by atoms with Crippen molar-refractivity contribution < 1.29 is 13.2 Å². The summed E-state index contributed by atoms with van der Waals surface area (Å²) < 4.78 is 40.5. The molecule has 5 nitrogen and oxygen atoms in total. The number of hydrogen-bond donors (Lipinski definition) is 3. The maximum absolute atomic E-state index is 13.5. The van der Waals surface area contributed by atoms with Crippen LogP contribution in [0.3, 0.4) is 0 Å². The number of rotatable bonds is 6. The number of aliphatic imine (C=N–C) groups is 1. The van der Waals surface area contributed by atoms with Gasteiger partial charge in [0.05, 0.1) is 21.8 Å². The van der Waals surface area contributed by atoms with Gasteiger partial charge in [-0.25, -0.2) is 4.99 Å². The van der Waals surface area contributed by atoms with Crippen molar-refractivity contribution in [2.24, 2.45) is 10.7 Å². The summed E-state index contributed by atoms with van der Waals surface area (Å²) in [5, 5.41) is 6.51. The van der Waals surface area contributed by atoms with Gasteiger partial charge in [-0.15, -0.1) is 0 Å². The highest BCUT2D eigenvalue weighted by molar-refractivity contribution is 8.03. The van der Waals surface area contributed by atoms with E-state index in [0.29, 0.717) is 28.6 Å². The van der Waals surface area contributed by atoms with Crippen LogP contribution in [-0.2, 0) is 6.18 Å². The van der Waals surface area contributed by atoms with Gasteiger partial charge in [-0.3, -0.25) is 0 Å². The number of hydrogen-bond acceptors (Lipinski definition) is 6. The van der Waals surface area contributed by atoms with Crippen LogP contribution in [0.4, 0.5) is 24.5 Å². The summed E-state index contributed by atoms with van der Waals surface area (Å²) in [5.41, 5.74) is 6.01. The number of halogens is 3. The average molecular weight is 426 g/mol. The quantitative estimate of drug-likeness (QED) is 0.586. The van der Waals surface area contributed by atoms with E-state index in [4.69, 9.17) is 5.73 Å². The molecule has 0 amide bonds. The Balaban J connectivity index is 1.90. The first-order valence-corrected chi connectivity index (χ1v) is 10.4. The summed E-state index contributed by atoms with van der Waals surface area (Å²) in [6.45, 7) is 8.64. The van der Waals surface area contributed by atoms with E-state index in [9.17, 15) is 13.2 Å². The highest BCUT2D eigenvalue weighted by Crippen LogP contribution is 2.47. The standard InChI is InChI=1S/C20H26F3N5S/c1-3-4-16-19(25-2)27-18-15(11-13(20(21,22)23)12-17(18)29-16)26-14-5-8-28(9-6-14)10-7-24/h3-4,11-12,14,26-27H,2,5-10,24H2,1H3/b4-3-. The van der Waals surface area contributed by atoms with Gasteiger partial charge in [-0.1, -0.05) is 17.8 Å². The smallest absolute Gasteiger partial charge is 0.380 e. The molecule has 0 aromatic heterocycles. The monoisotopic (exact) mass is 425 g/mol. The van der Waals surface area contributed by atoms with E-state index in [2.05, 4.69) is 27.2 Å². The van der Waals surface area contributed by atoms with Crippen molar-refractivity contribution in [1.29, 1.82) is 0 Å². The van der Waals surface area contributed by atoms with Gasteiger partial charge in [0.2, 0.25) is 0 Å². The Morgan fingerprint density at radius 3 is 2.69 bits per heavy atom. The molecule has 0 bridgehead atoms. The number of alkyl halides is 3. The van der Waals surface area contributed by atoms with Gasteiger partial charge in [0.1, 0.15) is 5.82 Å². The van der Waals surface area contributed by atoms with Crippen LogP contribution < -0.4 is 16.4 Å². The molecular weight excluding hydrogens is 399 g/mol. The van der Waals surface area contributed by atoms with Crippen LogP contribution in [0.15, 0.2) is 44.9 Å². The molecule has 29 heavy (non-hydrogen) atoms. The molecule has 158 valence electrons. The third-order valence-corrected chi connectivity index (χ3v) is 6.09. The van der Waals surface area contributed by atoms with Crippen molar-refractivity contribution in [2.45, 2.75) is 36.9 Å².